The van der Waals surface area contributed by atoms with Crippen molar-refractivity contribution < 1.29 is 24.4 Å². The molecule has 2 unspecified atom stereocenters. The Balaban J connectivity index is 1.99. The average molecular weight is 259 g/mol. The van der Waals surface area contributed by atoms with E-state index in [0.29, 0.717) is 25.7 Å². The van der Waals surface area contributed by atoms with Gasteiger partial charge in [-0.25, -0.2) is 0 Å². The second-order valence-corrected chi connectivity index (χ2v) is 5.97. The summed E-state index contributed by atoms with van der Waals surface area (Å²) in [7, 11) is 0. The van der Waals surface area contributed by atoms with Gasteiger partial charge < -0.3 is 24.4 Å². The summed E-state index contributed by atoms with van der Waals surface area (Å²) in [5.74, 6) is 0.442. The average Bonchev–Trinajstić information content (AvgIpc) is 2.35. The van der Waals surface area contributed by atoms with Crippen molar-refractivity contribution in [1.82, 2.24) is 0 Å². The zero-order chi connectivity index (χ0) is 13.2. The lowest BCUT2D eigenvalue weighted by Gasteiger charge is -2.54. The molecule has 2 rings (SSSR count). The highest BCUT2D eigenvalue weighted by molar-refractivity contribution is 6.53. The summed E-state index contributed by atoms with van der Waals surface area (Å²) < 4.78 is 23.2. The maximum Gasteiger partial charge on any atom is 0.531 e. The van der Waals surface area contributed by atoms with Gasteiger partial charge in [-0.2, -0.15) is 0 Å². The molecular formula is C12H26BNO4. The van der Waals surface area contributed by atoms with Gasteiger partial charge in [0.1, 0.15) is 5.54 Å². The van der Waals surface area contributed by atoms with Crippen LogP contribution in [0.25, 0.3) is 0 Å². The van der Waals surface area contributed by atoms with Gasteiger partial charge in [0.15, 0.2) is 0 Å². The van der Waals surface area contributed by atoms with Crippen LogP contribution < -0.4 is 5.73 Å². The number of hydrogen-bond acceptors (Lipinski definition) is 4. The molecule has 1 spiro atoms. The molecule has 106 valence electrons. The molecule has 6 heteroatoms. The van der Waals surface area contributed by atoms with Gasteiger partial charge in [0.25, 0.3) is 0 Å². The second kappa shape index (κ2) is 5.47. The molecule has 5 nitrogen and oxygen atoms in total. The topological polar surface area (TPSA) is 64.6 Å². The van der Waals surface area contributed by atoms with Crippen molar-refractivity contribution in [2.24, 2.45) is 5.92 Å². The molecule has 0 aliphatic carbocycles. The van der Waals surface area contributed by atoms with Crippen LogP contribution in [-0.2, 0) is 18.6 Å². The number of quaternary nitrogens is 1. The highest BCUT2D eigenvalue weighted by Crippen LogP contribution is 2.32. The Morgan fingerprint density at radius 2 is 1.89 bits per heavy atom. The van der Waals surface area contributed by atoms with Gasteiger partial charge in [0, 0.05) is 18.6 Å². The Morgan fingerprint density at radius 3 is 2.44 bits per heavy atom. The van der Waals surface area contributed by atoms with Crippen LogP contribution in [0.4, 0.5) is 0 Å². The van der Waals surface area contributed by atoms with Crippen molar-refractivity contribution >= 4 is 6.96 Å². The zero-order valence-electron chi connectivity index (χ0n) is 11.8. The van der Waals surface area contributed by atoms with Gasteiger partial charge in [0.2, 0.25) is 0 Å². The summed E-state index contributed by atoms with van der Waals surface area (Å²) in [6, 6.07) is 0. The minimum Gasteiger partial charge on any atom is -0.518 e. The van der Waals surface area contributed by atoms with Gasteiger partial charge in [-0.1, -0.05) is 20.3 Å². The first-order valence-electron chi connectivity index (χ1n) is 7.08. The van der Waals surface area contributed by atoms with Crippen LogP contribution in [0.1, 0.15) is 40.0 Å². The molecule has 0 aromatic rings. The van der Waals surface area contributed by atoms with Crippen molar-refractivity contribution in [3.8, 4) is 0 Å². The molecule has 2 heterocycles. The zero-order valence-corrected chi connectivity index (χ0v) is 11.8. The second-order valence-electron chi connectivity index (χ2n) is 5.97. The van der Waals surface area contributed by atoms with Gasteiger partial charge in [-0.05, 0) is 19.8 Å². The van der Waals surface area contributed by atoms with Crippen molar-refractivity contribution in [2.75, 3.05) is 19.8 Å². The van der Waals surface area contributed by atoms with Crippen LogP contribution in [0.2, 0.25) is 0 Å². The summed E-state index contributed by atoms with van der Waals surface area (Å²) in [6.07, 6.45) is 3.37. The first-order chi connectivity index (χ1) is 8.50. The lowest BCUT2D eigenvalue weighted by Crippen LogP contribution is -2.80. The van der Waals surface area contributed by atoms with Gasteiger partial charge in [-0.3, -0.25) is 0 Å². The van der Waals surface area contributed by atoms with Crippen molar-refractivity contribution in [3.63, 3.8) is 0 Å². The minimum absolute atomic E-state index is 0.183. The Hall–Kier alpha value is -0.135. The highest BCUT2D eigenvalue weighted by Gasteiger charge is 2.46. The fourth-order valence-electron chi connectivity index (χ4n) is 2.55. The van der Waals surface area contributed by atoms with E-state index in [-0.39, 0.29) is 11.6 Å². The normalized spacial score (nSPS) is 45.3. The fraction of sp³-hybridized carbons (Fsp3) is 1.00. The van der Waals surface area contributed by atoms with Crippen LogP contribution in [0.3, 0.4) is 0 Å². The SMILES string of the molecule is CCCC1O[B-]2(OCC1CC)OCC(C)([NH3+])CO2. The Labute approximate surface area is 109 Å². The molecule has 2 aliphatic rings. The molecule has 0 amide bonds. The van der Waals surface area contributed by atoms with E-state index < -0.39 is 6.96 Å². The van der Waals surface area contributed by atoms with Crippen molar-refractivity contribution in [3.05, 3.63) is 0 Å². The van der Waals surface area contributed by atoms with E-state index in [9.17, 15) is 0 Å². The quantitative estimate of drug-likeness (QED) is 0.758. The van der Waals surface area contributed by atoms with Crippen LogP contribution in [0, 0.1) is 5.92 Å². The predicted molar refractivity (Wildman–Crippen MR) is 68.5 cm³/mol. The first kappa shape index (κ1) is 14.3. The van der Waals surface area contributed by atoms with Crippen LogP contribution in [0.5, 0.6) is 0 Å². The molecule has 0 bridgehead atoms. The van der Waals surface area contributed by atoms with E-state index >= 15 is 0 Å². The van der Waals surface area contributed by atoms with E-state index in [1.807, 2.05) is 6.92 Å². The molecule has 2 atom stereocenters. The van der Waals surface area contributed by atoms with E-state index in [0.717, 1.165) is 19.3 Å². The molecule has 0 radical (unpaired) electrons. The molecule has 0 saturated carbocycles. The van der Waals surface area contributed by atoms with Crippen molar-refractivity contribution in [2.45, 2.75) is 51.7 Å². The Bertz CT molecular complexity index is 277. The molecule has 0 aromatic heterocycles. The molecule has 2 fully saturated rings. The molecule has 3 N–H and O–H groups in total. The standard InChI is InChI=1S/C12H25BNO4/c1-4-6-11-10(5-2)7-15-13(18-11)16-8-12(3,14)9-17-13/h10-11H,4-9,14H2,1-3H3/q-1/p+1. The van der Waals surface area contributed by atoms with Crippen LogP contribution in [-0.4, -0.2) is 38.4 Å². The van der Waals surface area contributed by atoms with Crippen LogP contribution in [0.15, 0.2) is 0 Å². The maximum absolute atomic E-state index is 6.02. The smallest absolute Gasteiger partial charge is 0.518 e. The van der Waals surface area contributed by atoms with Crippen molar-refractivity contribution in [1.29, 1.82) is 0 Å². The highest BCUT2D eigenvalue weighted by atomic mass is 16.9. The summed E-state index contributed by atoms with van der Waals surface area (Å²) in [4.78, 5) is 0. The Morgan fingerprint density at radius 1 is 1.22 bits per heavy atom. The van der Waals surface area contributed by atoms with E-state index in [2.05, 4.69) is 19.6 Å². The summed E-state index contributed by atoms with van der Waals surface area (Å²) in [5, 5.41) is 0. The Kier molecular flexibility index (Phi) is 4.34. The summed E-state index contributed by atoms with van der Waals surface area (Å²) in [6.45, 7) is 6.05. The summed E-state index contributed by atoms with van der Waals surface area (Å²) in [5.41, 5.74) is 3.84. The molecular weight excluding hydrogens is 233 g/mol. The van der Waals surface area contributed by atoms with Gasteiger partial charge in [0.05, 0.1) is 13.2 Å². The molecule has 2 saturated heterocycles. The number of hydrogen-bond donors (Lipinski definition) is 1. The molecule has 0 aromatic carbocycles. The van der Waals surface area contributed by atoms with E-state index in [4.69, 9.17) is 18.6 Å². The first-order valence-corrected chi connectivity index (χ1v) is 7.08. The monoisotopic (exact) mass is 259 g/mol. The fourth-order valence-corrected chi connectivity index (χ4v) is 2.55. The largest absolute Gasteiger partial charge is 0.531 e. The van der Waals surface area contributed by atoms with E-state index in [1.165, 1.54) is 0 Å². The third-order valence-corrected chi connectivity index (χ3v) is 3.75. The minimum atomic E-state index is -1.99. The van der Waals surface area contributed by atoms with Crippen LogP contribution >= 0.6 is 0 Å². The maximum atomic E-state index is 6.02. The van der Waals surface area contributed by atoms with Gasteiger partial charge in [-0.15, -0.1) is 0 Å². The molecule has 18 heavy (non-hydrogen) atoms. The third kappa shape index (κ3) is 3.06. The van der Waals surface area contributed by atoms with E-state index in [1.54, 1.807) is 0 Å². The summed E-state index contributed by atoms with van der Waals surface area (Å²) >= 11 is 0. The number of rotatable bonds is 3. The lowest BCUT2D eigenvalue weighted by molar-refractivity contribution is -0.490. The predicted octanol–water partition coefficient (Wildman–Crippen LogP) is 0.711. The molecule has 2 aliphatic heterocycles. The van der Waals surface area contributed by atoms with Gasteiger partial charge >= 0.3 is 6.96 Å². The third-order valence-electron chi connectivity index (χ3n) is 3.75. The lowest BCUT2D eigenvalue weighted by atomic mass is 9.88.